The number of rotatable bonds is 3. The number of carbonyl (C=O) groups excluding carboxylic acids is 1. The maximum absolute atomic E-state index is 13.1. The molecule has 4 aliphatic heterocycles. The van der Waals surface area contributed by atoms with Crippen LogP contribution in [0.25, 0.3) is 0 Å². The number of hydrogen-bond donors (Lipinski definition) is 4. The minimum Gasteiger partial charge on any atom is -0.508 e. The Morgan fingerprint density at radius 3 is 2.39 bits per heavy atom. The molecule has 4 heterocycles. The second-order valence-corrected chi connectivity index (χ2v) is 8.12. The van der Waals surface area contributed by atoms with E-state index in [0.717, 1.165) is 44.6 Å². The van der Waals surface area contributed by atoms with Gasteiger partial charge in [0.2, 0.25) is 6.17 Å². The molecule has 5 nitrogen and oxygen atoms in total. The molecule has 2 atom stereocenters. The van der Waals surface area contributed by atoms with Gasteiger partial charge in [0.25, 0.3) is 0 Å². The van der Waals surface area contributed by atoms with Crippen LogP contribution < -0.4 is 9.80 Å². The fourth-order valence-corrected chi connectivity index (χ4v) is 5.76. The lowest BCUT2D eigenvalue weighted by atomic mass is 9.59. The van der Waals surface area contributed by atoms with Crippen molar-refractivity contribution in [1.82, 2.24) is 0 Å². The van der Waals surface area contributed by atoms with Crippen molar-refractivity contribution in [3.63, 3.8) is 0 Å². The SMILES string of the molecule is CCCC12C[NH+]3CC(C)(C[NH+](C1)C3c1ccc(O)cc1O)C2=O. The molecule has 0 radical (unpaired) electrons. The minimum absolute atomic E-state index is 0.0923. The van der Waals surface area contributed by atoms with Gasteiger partial charge >= 0.3 is 0 Å². The van der Waals surface area contributed by atoms with Gasteiger partial charge in [-0.15, -0.1) is 0 Å². The van der Waals surface area contributed by atoms with Gasteiger partial charge in [-0.3, -0.25) is 14.6 Å². The van der Waals surface area contributed by atoms with Crippen molar-refractivity contribution in [2.75, 3.05) is 26.2 Å². The quantitative estimate of drug-likeness (QED) is 0.594. The summed E-state index contributed by atoms with van der Waals surface area (Å²) in [4.78, 5) is 15.9. The standard InChI is InChI=1S/C18H24N2O3/c1-3-6-18-10-19-8-17(2,16(18)23)9-20(11-18)15(19)13-5-4-12(21)7-14(13)22/h4-5,7,15,21-22H,3,6,8-11H2,1-2H3/p+2. The van der Waals surface area contributed by atoms with E-state index >= 15 is 0 Å². The van der Waals surface area contributed by atoms with Crippen molar-refractivity contribution < 1.29 is 24.8 Å². The maximum Gasteiger partial charge on any atom is 0.243 e. The number of phenols is 2. The van der Waals surface area contributed by atoms with Crippen molar-refractivity contribution in [2.45, 2.75) is 32.9 Å². The maximum atomic E-state index is 13.1. The van der Waals surface area contributed by atoms with Crippen LogP contribution >= 0.6 is 0 Å². The lowest BCUT2D eigenvalue weighted by molar-refractivity contribution is -1.18. The summed E-state index contributed by atoms with van der Waals surface area (Å²) in [6.45, 7) is 7.75. The Morgan fingerprint density at radius 2 is 1.83 bits per heavy atom. The van der Waals surface area contributed by atoms with Gasteiger partial charge in [0.05, 0.1) is 0 Å². The first-order valence-corrected chi connectivity index (χ1v) is 8.64. The Labute approximate surface area is 136 Å². The van der Waals surface area contributed by atoms with Crippen LogP contribution in [0.1, 0.15) is 38.4 Å². The summed E-state index contributed by atoms with van der Waals surface area (Å²) in [5.41, 5.74) is 0.502. The molecule has 4 N–H and O–H groups in total. The van der Waals surface area contributed by atoms with Crippen molar-refractivity contribution in [3.05, 3.63) is 23.8 Å². The fourth-order valence-electron chi connectivity index (χ4n) is 5.76. The van der Waals surface area contributed by atoms with Gasteiger partial charge in [-0.05, 0) is 25.5 Å². The Morgan fingerprint density at radius 1 is 1.17 bits per heavy atom. The molecular formula is C18H26N2O3+2. The first-order valence-electron chi connectivity index (χ1n) is 8.64. The van der Waals surface area contributed by atoms with Crippen molar-refractivity contribution in [1.29, 1.82) is 0 Å². The van der Waals surface area contributed by atoms with Crippen molar-refractivity contribution in [3.8, 4) is 11.5 Å². The highest BCUT2D eigenvalue weighted by atomic mass is 16.3. The van der Waals surface area contributed by atoms with E-state index in [1.54, 1.807) is 6.07 Å². The van der Waals surface area contributed by atoms with E-state index < -0.39 is 0 Å². The number of carbonyl (C=O) groups is 1. The van der Waals surface area contributed by atoms with Gasteiger partial charge in [0, 0.05) is 6.07 Å². The third-order valence-corrected chi connectivity index (χ3v) is 6.27. The minimum atomic E-state index is -0.223. The Kier molecular flexibility index (Phi) is 3.06. The molecule has 0 spiro atoms. The molecule has 4 saturated heterocycles. The van der Waals surface area contributed by atoms with E-state index in [1.165, 1.54) is 15.9 Å². The second-order valence-electron chi connectivity index (χ2n) is 8.12. The summed E-state index contributed by atoms with van der Waals surface area (Å²) in [7, 11) is 0. The number of hydrogen-bond acceptors (Lipinski definition) is 3. The molecule has 0 amide bonds. The summed E-state index contributed by atoms with van der Waals surface area (Å²) < 4.78 is 0. The number of piperidine rings is 2. The fraction of sp³-hybridized carbons (Fsp3) is 0.611. The molecule has 1 aromatic rings. The van der Waals surface area contributed by atoms with Crippen LogP contribution in [0.4, 0.5) is 0 Å². The first kappa shape index (κ1) is 15.0. The number of phenolic OH excluding ortho intramolecular Hbond substituents is 2. The number of quaternary nitrogens is 2. The average molecular weight is 318 g/mol. The highest BCUT2D eigenvalue weighted by Gasteiger charge is 2.69. The van der Waals surface area contributed by atoms with Crippen LogP contribution in [0.15, 0.2) is 18.2 Å². The molecule has 4 bridgehead atoms. The number of benzene rings is 1. The first-order chi connectivity index (χ1) is 10.9. The monoisotopic (exact) mass is 318 g/mol. The largest absolute Gasteiger partial charge is 0.508 e. The number of aromatic hydroxyl groups is 2. The predicted molar refractivity (Wildman–Crippen MR) is 84.4 cm³/mol. The summed E-state index contributed by atoms with van der Waals surface area (Å²) in [5, 5.41) is 19.9. The highest BCUT2D eigenvalue weighted by Crippen LogP contribution is 2.40. The van der Waals surface area contributed by atoms with E-state index in [1.807, 2.05) is 6.07 Å². The Bertz CT molecular complexity index is 656. The molecular weight excluding hydrogens is 292 g/mol. The molecule has 23 heavy (non-hydrogen) atoms. The molecule has 0 aromatic heterocycles. The molecule has 1 aromatic carbocycles. The molecule has 0 saturated carbocycles. The van der Waals surface area contributed by atoms with Crippen LogP contribution in [0.5, 0.6) is 11.5 Å². The van der Waals surface area contributed by atoms with Crippen LogP contribution in [0.2, 0.25) is 0 Å². The van der Waals surface area contributed by atoms with E-state index in [9.17, 15) is 15.0 Å². The Balaban J connectivity index is 1.74. The summed E-state index contributed by atoms with van der Waals surface area (Å²) in [5.74, 6) is 0.742. The van der Waals surface area contributed by atoms with Gasteiger partial charge in [0.1, 0.15) is 54.1 Å². The predicted octanol–water partition coefficient (Wildman–Crippen LogP) is -0.731. The van der Waals surface area contributed by atoms with Gasteiger partial charge in [-0.1, -0.05) is 13.3 Å². The topological polar surface area (TPSA) is 66.4 Å². The normalized spacial score (nSPS) is 41.5. The zero-order valence-electron chi connectivity index (χ0n) is 13.9. The van der Waals surface area contributed by atoms with Gasteiger partial charge in [-0.25, -0.2) is 0 Å². The molecule has 124 valence electrons. The number of nitrogens with one attached hydrogen (secondary N) is 2. The molecule has 4 aliphatic rings. The average Bonchev–Trinajstić information content (AvgIpc) is 2.45. The van der Waals surface area contributed by atoms with E-state index in [0.29, 0.717) is 5.78 Å². The van der Waals surface area contributed by atoms with Gasteiger partial charge in [-0.2, -0.15) is 0 Å². The second kappa shape index (κ2) is 4.71. The van der Waals surface area contributed by atoms with Gasteiger partial charge < -0.3 is 10.2 Å². The third kappa shape index (κ3) is 1.96. The van der Waals surface area contributed by atoms with Crippen LogP contribution in [0, 0.1) is 10.8 Å². The zero-order valence-corrected chi connectivity index (χ0v) is 13.9. The number of ketones is 1. The third-order valence-electron chi connectivity index (χ3n) is 6.27. The van der Waals surface area contributed by atoms with E-state index in [2.05, 4.69) is 13.8 Å². The summed E-state index contributed by atoms with van der Waals surface area (Å²) in [6, 6.07) is 4.92. The van der Waals surface area contributed by atoms with Crippen LogP contribution in [0.3, 0.4) is 0 Å². The van der Waals surface area contributed by atoms with E-state index in [-0.39, 0.29) is 28.5 Å². The van der Waals surface area contributed by atoms with Gasteiger partial charge in [0.15, 0.2) is 5.78 Å². The summed E-state index contributed by atoms with van der Waals surface area (Å²) >= 11 is 0. The Hall–Kier alpha value is -1.59. The molecule has 5 rings (SSSR count). The van der Waals surface area contributed by atoms with Crippen LogP contribution in [-0.2, 0) is 4.79 Å². The molecule has 4 fully saturated rings. The smallest absolute Gasteiger partial charge is 0.243 e. The lowest BCUT2D eigenvalue weighted by Crippen LogP contribution is -3.41. The highest BCUT2D eigenvalue weighted by molar-refractivity contribution is 5.91. The lowest BCUT2D eigenvalue weighted by Gasteiger charge is -2.59. The number of Topliss-reactive ketones (excluding diaryl/α,β-unsaturated/α-hetero) is 1. The molecule has 0 aliphatic carbocycles. The van der Waals surface area contributed by atoms with Crippen molar-refractivity contribution >= 4 is 5.78 Å². The van der Waals surface area contributed by atoms with Crippen molar-refractivity contribution in [2.24, 2.45) is 10.8 Å². The van der Waals surface area contributed by atoms with Crippen LogP contribution in [-0.4, -0.2) is 42.2 Å². The summed E-state index contributed by atoms with van der Waals surface area (Å²) in [6.07, 6.45) is 2.18. The molecule has 5 heteroatoms. The zero-order chi connectivity index (χ0) is 16.4. The molecule has 2 unspecified atom stereocenters. The van der Waals surface area contributed by atoms with E-state index in [4.69, 9.17) is 0 Å².